The number of carbonyl (C=O) groups is 1. The smallest absolute Gasteiger partial charge is 0.228 e. The van der Waals surface area contributed by atoms with E-state index in [2.05, 4.69) is 4.98 Å². The van der Waals surface area contributed by atoms with Crippen LogP contribution in [0.1, 0.15) is 6.42 Å². The highest BCUT2D eigenvalue weighted by Gasteiger charge is 2.31. The lowest BCUT2D eigenvalue weighted by Gasteiger charge is -2.16. The van der Waals surface area contributed by atoms with E-state index in [4.69, 9.17) is 17.3 Å². The fraction of sp³-hybridized carbons (Fsp3) is 0.400. The van der Waals surface area contributed by atoms with Gasteiger partial charge in [-0.05, 0) is 12.5 Å². The number of carbonyl (C=O) groups excluding carboxylic acids is 1. The summed E-state index contributed by atoms with van der Waals surface area (Å²) >= 11 is 5.67. The van der Waals surface area contributed by atoms with Gasteiger partial charge in [-0.2, -0.15) is 0 Å². The zero-order valence-electron chi connectivity index (χ0n) is 8.56. The molecule has 2 rings (SSSR count). The van der Waals surface area contributed by atoms with E-state index >= 15 is 0 Å². The fourth-order valence-corrected chi connectivity index (χ4v) is 1.93. The lowest BCUT2D eigenvalue weighted by Crippen LogP contribution is -2.26. The molecule has 86 valence electrons. The van der Waals surface area contributed by atoms with Crippen LogP contribution in [0.4, 0.5) is 5.82 Å². The van der Waals surface area contributed by atoms with Gasteiger partial charge in [0.15, 0.2) is 11.6 Å². The van der Waals surface area contributed by atoms with Crippen molar-refractivity contribution in [1.29, 1.82) is 0 Å². The van der Waals surface area contributed by atoms with Crippen LogP contribution in [0, 0.1) is 5.92 Å². The summed E-state index contributed by atoms with van der Waals surface area (Å²) in [7, 11) is 0. The Labute approximate surface area is 97.8 Å². The number of aromatic hydroxyl groups is 1. The standard InChI is InChI=1S/C10H12ClN3O2/c11-7-2-8(15)10(13-4-7)14-5-6(3-12)1-9(14)16/h2,4,6,15H,1,3,5,12H2. The van der Waals surface area contributed by atoms with Crippen molar-refractivity contribution in [3.8, 4) is 5.75 Å². The van der Waals surface area contributed by atoms with Crippen LogP contribution < -0.4 is 10.6 Å². The lowest BCUT2D eigenvalue weighted by atomic mass is 10.1. The predicted molar refractivity (Wildman–Crippen MR) is 60.4 cm³/mol. The highest BCUT2D eigenvalue weighted by molar-refractivity contribution is 6.30. The van der Waals surface area contributed by atoms with Gasteiger partial charge in [-0.25, -0.2) is 4.98 Å². The summed E-state index contributed by atoms with van der Waals surface area (Å²) in [5.74, 6) is 0.230. The van der Waals surface area contributed by atoms with Crippen LogP contribution in [0.3, 0.4) is 0 Å². The van der Waals surface area contributed by atoms with Crippen molar-refractivity contribution in [3.05, 3.63) is 17.3 Å². The van der Waals surface area contributed by atoms with Crippen LogP contribution in [0.5, 0.6) is 5.75 Å². The van der Waals surface area contributed by atoms with E-state index in [0.29, 0.717) is 24.5 Å². The van der Waals surface area contributed by atoms with Crippen LogP contribution in [0.25, 0.3) is 0 Å². The number of anilines is 1. The molecule has 1 amide bonds. The Hall–Kier alpha value is -1.33. The van der Waals surface area contributed by atoms with Gasteiger partial charge in [-0.1, -0.05) is 11.6 Å². The summed E-state index contributed by atoms with van der Waals surface area (Å²) in [5, 5.41) is 9.99. The molecule has 1 fully saturated rings. The number of pyridine rings is 1. The summed E-state index contributed by atoms with van der Waals surface area (Å²) in [4.78, 5) is 17.1. The number of rotatable bonds is 2. The second kappa shape index (κ2) is 4.27. The molecule has 1 atom stereocenters. The van der Waals surface area contributed by atoms with Crippen molar-refractivity contribution < 1.29 is 9.90 Å². The number of amides is 1. The largest absolute Gasteiger partial charge is 0.504 e. The van der Waals surface area contributed by atoms with Gasteiger partial charge in [0.1, 0.15) is 0 Å². The molecule has 1 unspecified atom stereocenters. The Morgan fingerprint density at radius 1 is 1.69 bits per heavy atom. The normalized spacial score (nSPS) is 20.5. The maximum Gasteiger partial charge on any atom is 0.228 e. The maximum absolute atomic E-state index is 11.7. The Bertz CT molecular complexity index is 425. The second-order valence-electron chi connectivity index (χ2n) is 3.81. The highest BCUT2D eigenvalue weighted by atomic mass is 35.5. The number of hydrogen-bond donors (Lipinski definition) is 2. The van der Waals surface area contributed by atoms with Crippen molar-refractivity contribution in [2.75, 3.05) is 18.0 Å². The summed E-state index contributed by atoms with van der Waals surface area (Å²) in [6.07, 6.45) is 1.81. The molecule has 1 aliphatic rings. The first-order valence-electron chi connectivity index (χ1n) is 4.96. The third kappa shape index (κ3) is 1.96. The molecule has 0 spiro atoms. The Morgan fingerprint density at radius 3 is 3.00 bits per heavy atom. The molecular weight excluding hydrogens is 230 g/mol. The topological polar surface area (TPSA) is 79.5 Å². The van der Waals surface area contributed by atoms with Gasteiger partial charge in [0.2, 0.25) is 5.91 Å². The molecule has 16 heavy (non-hydrogen) atoms. The monoisotopic (exact) mass is 241 g/mol. The summed E-state index contributed by atoms with van der Waals surface area (Å²) < 4.78 is 0. The third-order valence-corrected chi connectivity index (χ3v) is 2.81. The van der Waals surface area contributed by atoms with E-state index in [0.717, 1.165) is 0 Å². The molecule has 1 saturated heterocycles. The highest BCUT2D eigenvalue weighted by Crippen LogP contribution is 2.31. The molecule has 0 saturated carbocycles. The van der Waals surface area contributed by atoms with E-state index < -0.39 is 0 Å². The van der Waals surface area contributed by atoms with Crippen molar-refractivity contribution >= 4 is 23.3 Å². The van der Waals surface area contributed by atoms with Crippen molar-refractivity contribution in [2.45, 2.75) is 6.42 Å². The molecular formula is C10H12ClN3O2. The van der Waals surface area contributed by atoms with Crippen molar-refractivity contribution in [2.24, 2.45) is 11.7 Å². The molecule has 0 bridgehead atoms. The van der Waals surface area contributed by atoms with Crippen LogP contribution in [0.2, 0.25) is 5.02 Å². The van der Waals surface area contributed by atoms with Crippen molar-refractivity contribution in [3.63, 3.8) is 0 Å². The molecule has 1 aromatic rings. The van der Waals surface area contributed by atoms with Crippen molar-refractivity contribution in [1.82, 2.24) is 4.98 Å². The van der Waals surface area contributed by atoms with Gasteiger partial charge in [-0.15, -0.1) is 0 Å². The van der Waals surface area contributed by atoms with Gasteiger partial charge in [0.25, 0.3) is 0 Å². The van der Waals surface area contributed by atoms with E-state index in [1.165, 1.54) is 17.2 Å². The zero-order valence-corrected chi connectivity index (χ0v) is 9.31. The van der Waals surface area contributed by atoms with E-state index in [1.807, 2.05) is 0 Å². The number of aromatic nitrogens is 1. The average molecular weight is 242 g/mol. The minimum atomic E-state index is -0.0847. The minimum Gasteiger partial charge on any atom is -0.504 e. The van der Waals surface area contributed by atoms with Crippen LogP contribution in [-0.4, -0.2) is 29.1 Å². The SMILES string of the molecule is NCC1CC(=O)N(c2ncc(Cl)cc2O)C1. The third-order valence-electron chi connectivity index (χ3n) is 2.61. The molecule has 0 aliphatic carbocycles. The van der Waals surface area contributed by atoms with Gasteiger partial charge in [0.05, 0.1) is 5.02 Å². The molecule has 5 nitrogen and oxygen atoms in total. The molecule has 1 aliphatic heterocycles. The molecule has 6 heteroatoms. The van der Waals surface area contributed by atoms with Crippen LogP contribution in [-0.2, 0) is 4.79 Å². The quantitative estimate of drug-likeness (QED) is 0.801. The van der Waals surface area contributed by atoms with Gasteiger partial charge < -0.3 is 10.8 Å². The number of hydrogen-bond acceptors (Lipinski definition) is 4. The average Bonchev–Trinajstić information content (AvgIpc) is 2.60. The van der Waals surface area contributed by atoms with Crippen LogP contribution >= 0.6 is 11.6 Å². The lowest BCUT2D eigenvalue weighted by molar-refractivity contribution is -0.117. The Balaban J connectivity index is 2.28. The van der Waals surface area contributed by atoms with E-state index in [-0.39, 0.29) is 23.4 Å². The Kier molecular flexibility index (Phi) is 2.98. The second-order valence-corrected chi connectivity index (χ2v) is 4.24. The first kappa shape index (κ1) is 11.2. The van der Waals surface area contributed by atoms with Crippen LogP contribution in [0.15, 0.2) is 12.3 Å². The van der Waals surface area contributed by atoms with Gasteiger partial charge >= 0.3 is 0 Å². The fourth-order valence-electron chi connectivity index (χ4n) is 1.77. The van der Waals surface area contributed by atoms with Gasteiger partial charge in [-0.3, -0.25) is 9.69 Å². The summed E-state index contributed by atoms with van der Waals surface area (Å²) in [6, 6.07) is 1.37. The number of halogens is 1. The molecule has 0 aromatic carbocycles. The van der Waals surface area contributed by atoms with E-state index in [1.54, 1.807) is 0 Å². The summed E-state index contributed by atoms with van der Waals surface area (Å²) in [6.45, 7) is 0.952. The first-order valence-corrected chi connectivity index (χ1v) is 5.34. The number of nitrogens with zero attached hydrogens (tertiary/aromatic N) is 2. The molecule has 3 N–H and O–H groups in total. The predicted octanol–water partition coefficient (Wildman–Crippen LogP) is 0.752. The minimum absolute atomic E-state index is 0.0689. The van der Waals surface area contributed by atoms with Gasteiger partial charge in [0, 0.05) is 25.2 Å². The van der Waals surface area contributed by atoms with E-state index in [9.17, 15) is 9.90 Å². The zero-order chi connectivity index (χ0) is 11.7. The molecule has 2 heterocycles. The summed E-state index contributed by atoms with van der Waals surface area (Å²) in [5.41, 5.74) is 5.52. The first-order chi connectivity index (χ1) is 7.61. The molecule has 1 aromatic heterocycles. The Morgan fingerprint density at radius 2 is 2.44 bits per heavy atom. The number of nitrogens with two attached hydrogens (primary N) is 1. The maximum atomic E-state index is 11.7. The molecule has 0 radical (unpaired) electrons.